The van der Waals surface area contributed by atoms with Gasteiger partial charge >= 0.3 is 0 Å². The van der Waals surface area contributed by atoms with Crippen molar-refractivity contribution in [1.82, 2.24) is 0 Å². The van der Waals surface area contributed by atoms with Crippen molar-refractivity contribution in [3.05, 3.63) is 175 Å². The molecule has 242 valence electrons. The summed E-state index contributed by atoms with van der Waals surface area (Å²) in [6.07, 6.45) is 0. The van der Waals surface area contributed by atoms with Crippen molar-refractivity contribution >= 4 is 35.5 Å². The molecule has 50 heavy (non-hydrogen) atoms. The summed E-state index contributed by atoms with van der Waals surface area (Å²) in [5.41, 5.74) is 13.2. The number of rotatable bonds is 5. The largest absolute Gasteiger partial charge is 0.457 e. The van der Waals surface area contributed by atoms with Gasteiger partial charge in [-0.25, -0.2) is 0 Å². The number of fused-ring (bicyclic) bond motifs is 6. The van der Waals surface area contributed by atoms with Crippen molar-refractivity contribution in [2.75, 3.05) is 4.90 Å². The molecule has 7 aromatic carbocycles. The smallest absolute Gasteiger partial charge is 0.135 e. The molecule has 1 aliphatic heterocycles. The summed E-state index contributed by atoms with van der Waals surface area (Å²) in [5, 5.41) is 2.74. The van der Waals surface area contributed by atoms with Crippen molar-refractivity contribution in [3.8, 4) is 44.9 Å². The molecular formula is C47H39NOSi. The van der Waals surface area contributed by atoms with Crippen molar-refractivity contribution in [2.24, 2.45) is 0 Å². The summed E-state index contributed by atoms with van der Waals surface area (Å²) in [7, 11) is -1.95. The number of hydrogen-bond acceptors (Lipinski definition) is 2. The minimum Gasteiger partial charge on any atom is -0.457 e. The minimum atomic E-state index is -1.95. The highest BCUT2D eigenvalue weighted by Gasteiger charge is 2.43. The van der Waals surface area contributed by atoms with Gasteiger partial charge in [-0.05, 0) is 91.8 Å². The second-order valence-electron chi connectivity index (χ2n) is 14.6. The van der Waals surface area contributed by atoms with Crippen LogP contribution in [0.25, 0.3) is 33.4 Å². The molecule has 9 rings (SSSR count). The van der Waals surface area contributed by atoms with Crippen molar-refractivity contribution in [3.63, 3.8) is 0 Å². The lowest BCUT2D eigenvalue weighted by molar-refractivity contribution is 0.487. The van der Waals surface area contributed by atoms with Crippen molar-refractivity contribution < 1.29 is 4.74 Å². The maximum absolute atomic E-state index is 6.84. The molecule has 0 spiro atoms. The normalized spacial score (nSPS) is 14.5. The SMILES string of the molecule is CC1(C)c2cc(N(c3ccc(-c4ccccc4)cc3)c3ccc(-c4ccccc4)cc3)ccc2-c2c1ccc1c2Oc2ccccc2[Si]1(C)C. The lowest BCUT2D eigenvalue weighted by atomic mass is 9.82. The maximum atomic E-state index is 6.84. The molecule has 0 bridgehead atoms. The molecule has 0 atom stereocenters. The zero-order chi connectivity index (χ0) is 34.0. The van der Waals surface area contributed by atoms with Crippen molar-refractivity contribution in [1.29, 1.82) is 0 Å². The first-order chi connectivity index (χ1) is 24.3. The fraction of sp³-hybridized carbons (Fsp3) is 0.106. The third-order valence-corrected chi connectivity index (χ3v) is 14.4. The average molecular weight is 662 g/mol. The van der Waals surface area contributed by atoms with Crippen LogP contribution in [0.1, 0.15) is 25.0 Å². The fourth-order valence-electron chi connectivity index (χ4n) is 8.16. The van der Waals surface area contributed by atoms with E-state index in [0.717, 1.165) is 28.6 Å². The Hall–Kier alpha value is -5.64. The van der Waals surface area contributed by atoms with Gasteiger partial charge in [0.2, 0.25) is 0 Å². The topological polar surface area (TPSA) is 12.5 Å². The first kappa shape index (κ1) is 30.4. The average Bonchev–Trinajstić information content (AvgIpc) is 3.39. The summed E-state index contributed by atoms with van der Waals surface area (Å²) >= 11 is 0. The summed E-state index contributed by atoms with van der Waals surface area (Å²) in [6.45, 7) is 9.63. The third kappa shape index (κ3) is 4.76. The molecule has 0 saturated heterocycles. The molecule has 0 radical (unpaired) electrons. The van der Waals surface area contributed by atoms with Gasteiger partial charge in [0.1, 0.15) is 19.6 Å². The van der Waals surface area contributed by atoms with E-state index >= 15 is 0 Å². The Morgan fingerprint density at radius 2 is 1.00 bits per heavy atom. The van der Waals surface area contributed by atoms with Crippen LogP contribution in [0.3, 0.4) is 0 Å². The van der Waals surface area contributed by atoms with Gasteiger partial charge in [0.05, 0.1) is 0 Å². The molecule has 0 amide bonds. The number of benzene rings is 7. The van der Waals surface area contributed by atoms with Crippen LogP contribution in [0.15, 0.2) is 164 Å². The molecule has 2 nitrogen and oxygen atoms in total. The maximum Gasteiger partial charge on any atom is 0.135 e. The number of para-hydroxylation sites is 1. The van der Waals surface area contributed by atoms with Crippen LogP contribution < -0.4 is 20.0 Å². The highest BCUT2D eigenvalue weighted by atomic mass is 28.3. The lowest BCUT2D eigenvalue weighted by Crippen LogP contribution is -2.56. The first-order valence-electron chi connectivity index (χ1n) is 17.5. The van der Waals surface area contributed by atoms with E-state index in [9.17, 15) is 0 Å². The van der Waals surface area contributed by atoms with Gasteiger partial charge in [-0.3, -0.25) is 0 Å². The Morgan fingerprint density at radius 1 is 0.480 bits per heavy atom. The molecule has 0 saturated carbocycles. The number of anilines is 3. The molecule has 0 N–H and O–H groups in total. The Balaban J connectivity index is 1.18. The van der Waals surface area contributed by atoms with Crippen LogP contribution in [-0.2, 0) is 5.41 Å². The van der Waals surface area contributed by atoms with Crippen LogP contribution in [0.4, 0.5) is 17.1 Å². The summed E-state index contributed by atoms with van der Waals surface area (Å²) in [4.78, 5) is 2.39. The van der Waals surface area contributed by atoms with Crippen LogP contribution in [0.2, 0.25) is 13.1 Å². The van der Waals surface area contributed by atoms with Gasteiger partial charge in [-0.2, -0.15) is 0 Å². The van der Waals surface area contributed by atoms with Crippen LogP contribution >= 0.6 is 0 Å². The van der Waals surface area contributed by atoms with Crippen molar-refractivity contribution in [2.45, 2.75) is 32.4 Å². The van der Waals surface area contributed by atoms with E-state index in [1.807, 2.05) is 0 Å². The molecule has 1 aliphatic carbocycles. The number of ether oxygens (including phenoxy) is 1. The molecular weight excluding hydrogens is 623 g/mol. The van der Waals surface area contributed by atoms with Crippen LogP contribution in [0, 0.1) is 0 Å². The van der Waals surface area contributed by atoms with E-state index in [-0.39, 0.29) is 5.41 Å². The standard InChI is InChI=1S/C47H39NOSi/c1-47(2)40-29-30-44-46(49-42-17-11-12-18-43(42)50(44,3)4)45(40)39-28-27-38(31-41(39)47)48(36-23-19-34(20-24-36)32-13-7-5-8-14-32)37-25-21-35(22-26-37)33-15-9-6-10-16-33/h5-31H,1-4H3. The first-order valence-corrected chi connectivity index (χ1v) is 20.5. The second-order valence-corrected chi connectivity index (χ2v) is 18.9. The lowest BCUT2D eigenvalue weighted by Gasteiger charge is -2.34. The van der Waals surface area contributed by atoms with E-state index in [0.29, 0.717) is 0 Å². The van der Waals surface area contributed by atoms with E-state index < -0.39 is 8.07 Å². The van der Waals surface area contributed by atoms with Gasteiger partial charge in [-0.1, -0.05) is 148 Å². The molecule has 0 aromatic heterocycles. The Morgan fingerprint density at radius 3 is 1.60 bits per heavy atom. The third-order valence-electron chi connectivity index (χ3n) is 10.9. The summed E-state index contributed by atoms with van der Waals surface area (Å²) < 4.78 is 6.84. The monoisotopic (exact) mass is 661 g/mol. The predicted octanol–water partition coefficient (Wildman–Crippen LogP) is 11.7. The van der Waals surface area contributed by atoms with Crippen LogP contribution in [0.5, 0.6) is 11.5 Å². The minimum absolute atomic E-state index is 0.193. The second kappa shape index (κ2) is 11.5. The predicted molar refractivity (Wildman–Crippen MR) is 213 cm³/mol. The zero-order valence-electron chi connectivity index (χ0n) is 28.9. The van der Waals surface area contributed by atoms with Gasteiger partial charge < -0.3 is 9.64 Å². The molecule has 0 fully saturated rings. The highest BCUT2D eigenvalue weighted by molar-refractivity contribution is 7.01. The molecule has 7 aromatic rings. The Labute approximate surface area is 296 Å². The molecule has 0 unspecified atom stereocenters. The van der Waals surface area contributed by atoms with Gasteiger partial charge in [0.25, 0.3) is 0 Å². The molecule has 2 aliphatic rings. The van der Waals surface area contributed by atoms with E-state index in [2.05, 4.69) is 196 Å². The Bertz CT molecular complexity index is 2290. The zero-order valence-corrected chi connectivity index (χ0v) is 29.9. The van der Waals surface area contributed by atoms with E-state index in [1.165, 1.54) is 54.9 Å². The molecule has 1 heterocycles. The van der Waals surface area contributed by atoms with Gasteiger partial charge in [-0.15, -0.1) is 0 Å². The fourth-order valence-corrected chi connectivity index (χ4v) is 11.0. The summed E-state index contributed by atoms with van der Waals surface area (Å²) in [6, 6.07) is 59.5. The summed E-state index contributed by atoms with van der Waals surface area (Å²) in [5.74, 6) is 2.07. The van der Waals surface area contributed by atoms with E-state index in [4.69, 9.17) is 4.74 Å². The highest BCUT2D eigenvalue weighted by Crippen LogP contribution is 2.54. The van der Waals surface area contributed by atoms with Gasteiger partial charge in [0.15, 0.2) is 0 Å². The van der Waals surface area contributed by atoms with Crippen LogP contribution in [-0.4, -0.2) is 8.07 Å². The van der Waals surface area contributed by atoms with E-state index in [1.54, 1.807) is 0 Å². The quantitative estimate of drug-likeness (QED) is 0.170. The molecule has 3 heteroatoms. The van der Waals surface area contributed by atoms with Gasteiger partial charge in [0, 0.05) is 28.0 Å². The number of hydrogen-bond donors (Lipinski definition) is 0. The number of nitrogens with zero attached hydrogens (tertiary/aromatic N) is 1. The Kier molecular flexibility index (Phi) is 6.98.